The van der Waals surface area contributed by atoms with Gasteiger partial charge in [0.15, 0.2) is 5.96 Å². The smallest absolute Gasteiger partial charge is 0.191 e. The molecule has 0 amide bonds. The van der Waals surface area contributed by atoms with Crippen LogP contribution in [0.1, 0.15) is 35.8 Å². The largest absolute Gasteiger partial charge is 0.357 e. The summed E-state index contributed by atoms with van der Waals surface area (Å²) < 4.78 is 2.06. The SMILES string of the molecule is CCNC(=NCc1ccc(Cn2ccnc2)cc1)NCC(C)c1cccs1.I. The van der Waals surface area contributed by atoms with E-state index in [2.05, 4.69) is 75.8 Å². The summed E-state index contributed by atoms with van der Waals surface area (Å²) in [7, 11) is 0. The Morgan fingerprint density at radius 2 is 1.96 bits per heavy atom. The molecule has 2 aromatic heterocycles. The summed E-state index contributed by atoms with van der Waals surface area (Å²) >= 11 is 1.80. The molecule has 0 aliphatic heterocycles. The van der Waals surface area contributed by atoms with Crippen molar-refractivity contribution in [1.29, 1.82) is 0 Å². The van der Waals surface area contributed by atoms with E-state index in [4.69, 9.17) is 4.99 Å². The van der Waals surface area contributed by atoms with Gasteiger partial charge in [0.25, 0.3) is 0 Å². The second-order valence-corrected chi connectivity index (χ2v) is 7.52. The molecule has 0 saturated carbocycles. The van der Waals surface area contributed by atoms with Gasteiger partial charge in [0, 0.05) is 42.8 Å². The number of imidazole rings is 1. The molecule has 28 heavy (non-hydrogen) atoms. The van der Waals surface area contributed by atoms with Gasteiger partial charge in [-0.15, -0.1) is 35.3 Å². The first kappa shape index (κ1) is 22.4. The highest BCUT2D eigenvalue weighted by atomic mass is 127. The fraction of sp³-hybridized carbons (Fsp3) is 0.333. The molecule has 3 aromatic rings. The van der Waals surface area contributed by atoms with E-state index in [1.807, 2.05) is 12.5 Å². The topological polar surface area (TPSA) is 54.2 Å². The Bertz CT molecular complexity index is 813. The van der Waals surface area contributed by atoms with E-state index in [1.165, 1.54) is 16.0 Å². The Hall–Kier alpha value is -1.87. The lowest BCUT2D eigenvalue weighted by molar-refractivity contribution is 0.709. The Morgan fingerprint density at radius 1 is 1.18 bits per heavy atom. The number of aliphatic imine (C=N–C) groups is 1. The molecule has 1 aromatic carbocycles. The third-order valence-electron chi connectivity index (χ3n) is 4.32. The van der Waals surface area contributed by atoms with Crippen LogP contribution in [0.25, 0.3) is 0 Å². The van der Waals surface area contributed by atoms with Crippen molar-refractivity contribution in [2.24, 2.45) is 4.99 Å². The van der Waals surface area contributed by atoms with Crippen LogP contribution < -0.4 is 10.6 Å². The van der Waals surface area contributed by atoms with Gasteiger partial charge in [-0.05, 0) is 29.5 Å². The first-order chi connectivity index (χ1) is 13.2. The summed E-state index contributed by atoms with van der Waals surface area (Å²) in [6.45, 7) is 7.55. The highest BCUT2D eigenvalue weighted by Crippen LogP contribution is 2.19. The van der Waals surface area contributed by atoms with Gasteiger partial charge in [-0.1, -0.05) is 37.3 Å². The van der Waals surface area contributed by atoms with Gasteiger partial charge in [0.1, 0.15) is 0 Å². The first-order valence-corrected chi connectivity index (χ1v) is 10.2. The minimum absolute atomic E-state index is 0. The molecule has 0 fully saturated rings. The number of nitrogens with one attached hydrogen (secondary N) is 2. The predicted molar refractivity (Wildman–Crippen MR) is 129 cm³/mol. The quantitative estimate of drug-likeness (QED) is 0.268. The average Bonchev–Trinajstić information content (AvgIpc) is 3.39. The minimum Gasteiger partial charge on any atom is -0.357 e. The monoisotopic (exact) mass is 509 g/mol. The molecule has 0 bridgehead atoms. The summed E-state index contributed by atoms with van der Waals surface area (Å²) in [6.07, 6.45) is 5.62. The van der Waals surface area contributed by atoms with Crippen LogP contribution in [0.5, 0.6) is 0 Å². The molecule has 3 rings (SSSR count). The van der Waals surface area contributed by atoms with Gasteiger partial charge in [-0.3, -0.25) is 0 Å². The van der Waals surface area contributed by atoms with Crippen molar-refractivity contribution in [3.63, 3.8) is 0 Å². The Morgan fingerprint density at radius 3 is 2.61 bits per heavy atom. The molecule has 2 heterocycles. The Balaban J connectivity index is 0.00000280. The molecular weight excluding hydrogens is 481 g/mol. The van der Waals surface area contributed by atoms with E-state index < -0.39 is 0 Å². The molecule has 0 aliphatic carbocycles. The Kier molecular flexibility index (Phi) is 9.49. The molecule has 0 saturated heterocycles. The van der Waals surface area contributed by atoms with E-state index in [1.54, 1.807) is 17.5 Å². The van der Waals surface area contributed by atoms with Crippen molar-refractivity contribution < 1.29 is 0 Å². The van der Waals surface area contributed by atoms with E-state index in [9.17, 15) is 0 Å². The molecule has 0 aliphatic rings. The zero-order valence-electron chi connectivity index (χ0n) is 16.3. The van der Waals surface area contributed by atoms with E-state index in [-0.39, 0.29) is 24.0 Å². The van der Waals surface area contributed by atoms with Crippen molar-refractivity contribution >= 4 is 41.3 Å². The normalized spacial score (nSPS) is 12.3. The molecule has 1 unspecified atom stereocenters. The lowest BCUT2D eigenvalue weighted by atomic mass is 10.1. The standard InChI is InChI=1S/C21H27N5S.HI/c1-3-23-21(24-13-17(2)20-5-4-12-27-20)25-14-18-6-8-19(9-7-18)15-26-11-10-22-16-26;/h4-12,16-17H,3,13-15H2,1-2H3,(H2,23,24,25);1H. The molecule has 150 valence electrons. The molecule has 1 atom stereocenters. The van der Waals surface area contributed by atoms with Crippen molar-refractivity contribution in [3.8, 4) is 0 Å². The summed E-state index contributed by atoms with van der Waals surface area (Å²) in [6, 6.07) is 12.9. The van der Waals surface area contributed by atoms with Crippen molar-refractivity contribution in [2.45, 2.75) is 32.9 Å². The third kappa shape index (κ3) is 6.94. The van der Waals surface area contributed by atoms with Crippen LogP contribution in [0.4, 0.5) is 0 Å². The second-order valence-electron chi connectivity index (χ2n) is 6.54. The molecular formula is C21H28IN5S. The lowest BCUT2D eigenvalue weighted by Crippen LogP contribution is -2.39. The molecule has 7 heteroatoms. The maximum atomic E-state index is 4.73. The van der Waals surface area contributed by atoms with Gasteiger partial charge >= 0.3 is 0 Å². The fourth-order valence-corrected chi connectivity index (χ4v) is 3.56. The molecule has 5 nitrogen and oxygen atoms in total. The van der Waals surface area contributed by atoms with Crippen molar-refractivity contribution in [3.05, 3.63) is 76.5 Å². The van der Waals surface area contributed by atoms with Crippen LogP contribution in [-0.2, 0) is 13.1 Å². The first-order valence-electron chi connectivity index (χ1n) is 9.33. The van der Waals surface area contributed by atoms with Gasteiger partial charge in [0.05, 0.1) is 12.9 Å². The number of aromatic nitrogens is 2. The van der Waals surface area contributed by atoms with Crippen molar-refractivity contribution in [2.75, 3.05) is 13.1 Å². The third-order valence-corrected chi connectivity index (χ3v) is 5.42. The maximum Gasteiger partial charge on any atom is 0.191 e. The van der Waals surface area contributed by atoms with Crippen LogP contribution >= 0.6 is 35.3 Å². The van der Waals surface area contributed by atoms with Crippen LogP contribution in [0.15, 0.2) is 65.5 Å². The highest BCUT2D eigenvalue weighted by Gasteiger charge is 2.07. The van der Waals surface area contributed by atoms with Gasteiger partial charge in [-0.25, -0.2) is 9.98 Å². The van der Waals surface area contributed by atoms with E-state index in [0.717, 1.165) is 25.6 Å². The summed E-state index contributed by atoms with van der Waals surface area (Å²) in [5.41, 5.74) is 2.46. The number of rotatable bonds is 8. The number of halogens is 1. The average molecular weight is 509 g/mol. The highest BCUT2D eigenvalue weighted by molar-refractivity contribution is 14.0. The van der Waals surface area contributed by atoms with Gasteiger partial charge in [0.2, 0.25) is 0 Å². The fourth-order valence-electron chi connectivity index (χ4n) is 2.78. The van der Waals surface area contributed by atoms with Crippen LogP contribution in [0.3, 0.4) is 0 Å². The van der Waals surface area contributed by atoms with Crippen molar-refractivity contribution in [1.82, 2.24) is 20.2 Å². The zero-order valence-corrected chi connectivity index (χ0v) is 19.5. The maximum absolute atomic E-state index is 4.73. The van der Waals surface area contributed by atoms with Crippen LogP contribution in [0, 0.1) is 0 Å². The van der Waals surface area contributed by atoms with Crippen LogP contribution in [-0.4, -0.2) is 28.6 Å². The van der Waals surface area contributed by atoms with E-state index in [0.29, 0.717) is 12.5 Å². The number of nitrogens with zero attached hydrogens (tertiary/aromatic N) is 3. The van der Waals surface area contributed by atoms with E-state index >= 15 is 0 Å². The number of hydrogen-bond donors (Lipinski definition) is 2. The lowest BCUT2D eigenvalue weighted by Gasteiger charge is -2.15. The van der Waals surface area contributed by atoms with Gasteiger partial charge < -0.3 is 15.2 Å². The van der Waals surface area contributed by atoms with Crippen LogP contribution in [0.2, 0.25) is 0 Å². The minimum atomic E-state index is 0. The zero-order chi connectivity index (χ0) is 18.9. The predicted octanol–water partition coefficient (Wildman–Crippen LogP) is 4.47. The Labute approximate surface area is 188 Å². The number of hydrogen-bond acceptors (Lipinski definition) is 3. The molecule has 2 N–H and O–H groups in total. The number of benzene rings is 1. The number of thiophene rings is 1. The molecule has 0 radical (unpaired) electrons. The summed E-state index contributed by atoms with van der Waals surface area (Å²) in [5.74, 6) is 1.33. The number of guanidine groups is 1. The van der Waals surface area contributed by atoms with Gasteiger partial charge in [-0.2, -0.15) is 0 Å². The molecule has 0 spiro atoms. The summed E-state index contributed by atoms with van der Waals surface area (Å²) in [4.78, 5) is 10.2. The second kappa shape index (κ2) is 11.9. The summed E-state index contributed by atoms with van der Waals surface area (Å²) in [5, 5.41) is 8.91.